The summed E-state index contributed by atoms with van der Waals surface area (Å²) in [6.07, 6.45) is 8.07. The molecule has 0 aromatic rings. The van der Waals surface area contributed by atoms with Gasteiger partial charge in [-0.2, -0.15) is 0 Å². The van der Waals surface area contributed by atoms with Gasteiger partial charge in [0.1, 0.15) is 6.61 Å². The molecule has 0 spiro atoms. The molecule has 0 radical (unpaired) electrons. The number of ether oxygens (including phenoxy) is 2. The topological polar surface area (TPSA) is 102 Å². The van der Waals surface area contributed by atoms with Crippen LogP contribution in [-0.2, 0) is 23.9 Å². The van der Waals surface area contributed by atoms with Crippen molar-refractivity contribution < 1.29 is 29.0 Å². The third kappa shape index (κ3) is 12.7. The van der Waals surface area contributed by atoms with Crippen molar-refractivity contribution in [1.82, 2.24) is 5.32 Å². The number of hydrogen-bond donors (Lipinski definition) is 2. The smallest absolute Gasteiger partial charge is 0.332 e. The SMILES string of the molecule is C=CCCOC(=O)COC/C(C)=C/C=C(\C=C)C[C@@H](CC(=O)O)NC=O. The lowest BCUT2D eigenvalue weighted by Gasteiger charge is -2.14. The first-order valence-electron chi connectivity index (χ1n) is 8.17. The molecule has 0 bridgehead atoms. The second-order valence-electron chi connectivity index (χ2n) is 5.53. The van der Waals surface area contributed by atoms with E-state index in [2.05, 4.69) is 18.5 Å². The van der Waals surface area contributed by atoms with Gasteiger partial charge in [-0.3, -0.25) is 9.59 Å². The molecular weight excluding hydrogens is 338 g/mol. The lowest BCUT2D eigenvalue weighted by atomic mass is 10.0. The summed E-state index contributed by atoms with van der Waals surface area (Å²) >= 11 is 0. The number of hydrogen-bond acceptors (Lipinski definition) is 5. The third-order valence-electron chi connectivity index (χ3n) is 3.19. The molecule has 0 unspecified atom stereocenters. The van der Waals surface area contributed by atoms with E-state index in [0.717, 1.165) is 11.1 Å². The van der Waals surface area contributed by atoms with Gasteiger partial charge in [-0.05, 0) is 30.9 Å². The maximum absolute atomic E-state index is 11.4. The fraction of sp³-hybridized carbons (Fsp3) is 0.421. The minimum atomic E-state index is -0.993. The molecule has 2 N–H and O–H groups in total. The minimum absolute atomic E-state index is 0.135. The first kappa shape index (κ1) is 23.3. The Kier molecular flexibility index (Phi) is 13.1. The fourth-order valence-corrected chi connectivity index (χ4v) is 1.89. The second-order valence-corrected chi connectivity index (χ2v) is 5.53. The Labute approximate surface area is 154 Å². The van der Waals surface area contributed by atoms with Crippen molar-refractivity contribution in [3.63, 3.8) is 0 Å². The van der Waals surface area contributed by atoms with Crippen LogP contribution in [0.5, 0.6) is 0 Å². The molecule has 0 aliphatic heterocycles. The third-order valence-corrected chi connectivity index (χ3v) is 3.19. The van der Waals surface area contributed by atoms with E-state index in [0.29, 0.717) is 19.3 Å². The number of rotatable bonds is 15. The summed E-state index contributed by atoms with van der Waals surface area (Å²) in [6.45, 7) is 9.47. The Morgan fingerprint density at radius 1 is 1.19 bits per heavy atom. The van der Waals surface area contributed by atoms with Crippen LogP contribution in [0.1, 0.15) is 26.2 Å². The lowest BCUT2D eigenvalue weighted by molar-refractivity contribution is -0.148. The van der Waals surface area contributed by atoms with Gasteiger partial charge >= 0.3 is 11.9 Å². The molecular formula is C19H27NO6. The van der Waals surface area contributed by atoms with Crippen LogP contribution in [0.2, 0.25) is 0 Å². The van der Waals surface area contributed by atoms with Crippen molar-refractivity contribution in [2.45, 2.75) is 32.2 Å². The van der Waals surface area contributed by atoms with E-state index in [-0.39, 0.29) is 26.2 Å². The van der Waals surface area contributed by atoms with Crippen LogP contribution in [0.4, 0.5) is 0 Å². The van der Waals surface area contributed by atoms with Crippen molar-refractivity contribution in [3.05, 3.63) is 48.6 Å². The zero-order valence-electron chi connectivity index (χ0n) is 15.1. The second kappa shape index (κ2) is 14.7. The van der Waals surface area contributed by atoms with Crippen LogP contribution in [0, 0.1) is 0 Å². The highest BCUT2D eigenvalue weighted by Gasteiger charge is 2.13. The largest absolute Gasteiger partial charge is 0.481 e. The molecule has 26 heavy (non-hydrogen) atoms. The minimum Gasteiger partial charge on any atom is -0.481 e. The van der Waals surface area contributed by atoms with Crippen molar-refractivity contribution in [3.8, 4) is 0 Å². The number of amides is 1. The number of carbonyl (C=O) groups excluding carboxylic acids is 2. The van der Waals surface area contributed by atoms with Crippen LogP contribution in [0.3, 0.4) is 0 Å². The maximum atomic E-state index is 11.4. The highest BCUT2D eigenvalue weighted by Crippen LogP contribution is 2.11. The van der Waals surface area contributed by atoms with Gasteiger partial charge in [0.2, 0.25) is 6.41 Å². The molecule has 7 heteroatoms. The van der Waals surface area contributed by atoms with Gasteiger partial charge < -0.3 is 19.9 Å². The molecule has 0 aromatic heterocycles. The maximum Gasteiger partial charge on any atom is 0.332 e. The molecule has 0 aliphatic carbocycles. The summed E-state index contributed by atoms with van der Waals surface area (Å²) in [5, 5.41) is 11.3. The summed E-state index contributed by atoms with van der Waals surface area (Å²) in [7, 11) is 0. The number of esters is 1. The van der Waals surface area contributed by atoms with Crippen LogP contribution in [0.25, 0.3) is 0 Å². The summed E-state index contributed by atoms with van der Waals surface area (Å²) in [4.78, 5) is 32.7. The Hall–Kier alpha value is -2.67. The monoisotopic (exact) mass is 365 g/mol. The zero-order valence-corrected chi connectivity index (χ0v) is 15.1. The number of nitrogens with one attached hydrogen (secondary N) is 1. The van der Waals surface area contributed by atoms with Gasteiger partial charge in [0.25, 0.3) is 0 Å². The van der Waals surface area contributed by atoms with Gasteiger partial charge in [-0.1, -0.05) is 30.9 Å². The van der Waals surface area contributed by atoms with Crippen molar-refractivity contribution in [2.75, 3.05) is 19.8 Å². The van der Waals surface area contributed by atoms with Crippen molar-refractivity contribution in [2.24, 2.45) is 0 Å². The van der Waals surface area contributed by atoms with E-state index >= 15 is 0 Å². The van der Waals surface area contributed by atoms with Gasteiger partial charge in [0.15, 0.2) is 0 Å². The van der Waals surface area contributed by atoms with Crippen molar-refractivity contribution in [1.29, 1.82) is 0 Å². The first-order valence-corrected chi connectivity index (χ1v) is 8.17. The predicted molar refractivity (Wildman–Crippen MR) is 98.5 cm³/mol. The van der Waals surface area contributed by atoms with E-state index in [1.165, 1.54) is 0 Å². The highest BCUT2D eigenvalue weighted by atomic mass is 16.6. The summed E-state index contributed by atoms with van der Waals surface area (Å²) in [5.74, 6) is -1.42. The molecule has 7 nitrogen and oxygen atoms in total. The number of allylic oxidation sites excluding steroid dienone is 3. The molecule has 0 saturated heterocycles. The Morgan fingerprint density at radius 2 is 1.92 bits per heavy atom. The molecule has 1 atom stereocenters. The number of carboxylic acids is 1. The van der Waals surface area contributed by atoms with Gasteiger partial charge in [0, 0.05) is 6.04 Å². The number of carbonyl (C=O) groups is 3. The average Bonchev–Trinajstić information content (AvgIpc) is 2.58. The van der Waals surface area contributed by atoms with E-state index < -0.39 is 18.0 Å². The molecule has 1 amide bonds. The lowest BCUT2D eigenvalue weighted by Crippen LogP contribution is -2.30. The molecule has 0 rings (SSSR count). The molecule has 0 fully saturated rings. The number of aliphatic carboxylic acids is 1. The highest BCUT2D eigenvalue weighted by molar-refractivity contribution is 5.70. The molecule has 0 aromatic carbocycles. The van der Waals surface area contributed by atoms with Gasteiger partial charge in [0.05, 0.1) is 19.6 Å². The van der Waals surface area contributed by atoms with E-state index in [1.807, 2.05) is 6.92 Å². The normalized spacial score (nSPS) is 12.8. The van der Waals surface area contributed by atoms with Gasteiger partial charge in [-0.15, -0.1) is 6.58 Å². The fourth-order valence-electron chi connectivity index (χ4n) is 1.89. The molecule has 0 saturated carbocycles. The van der Waals surface area contributed by atoms with E-state index in [4.69, 9.17) is 14.6 Å². The molecule has 144 valence electrons. The first-order chi connectivity index (χ1) is 12.4. The quantitative estimate of drug-likeness (QED) is 0.152. The van der Waals surface area contributed by atoms with Crippen LogP contribution < -0.4 is 5.32 Å². The summed E-state index contributed by atoms with van der Waals surface area (Å²) in [6, 6.07) is -0.510. The average molecular weight is 365 g/mol. The van der Waals surface area contributed by atoms with Gasteiger partial charge in [-0.25, -0.2) is 4.79 Å². The zero-order chi connectivity index (χ0) is 19.8. The summed E-state index contributed by atoms with van der Waals surface area (Å²) < 4.78 is 10.2. The Bertz CT molecular complexity index is 550. The predicted octanol–water partition coefficient (Wildman–Crippen LogP) is 2.16. The van der Waals surface area contributed by atoms with E-state index in [1.54, 1.807) is 24.3 Å². The molecule has 0 aliphatic rings. The van der Waals surface area contributed by atoms with E-state index in [9.17, 15) is 14.4 Å². The van der Waals surface area contributed by atoms with Crippen LogP contribution >= 0.6 is 0 Å². The Balaban J connectivity index is 4.47. The Morgan fingerprint density at radius 3 is 2.50 bits per heavy atom. The number of carboxylic acid groups (broad SMARTS) is 1. The van der Waals surface area contributed by atoms with Crippen molar-refractivity contribution >= 4 is 18.3 Å². The van der Waals surface area contributed by atoms with Crippen LogP contribution in [-0.4, -0.2) is 49.3 Å². The summed E-state index contributed by atoms with van der Waals surface area (Å²) in [5.41, 5.74) is 1.63. The van der Waals surface area contributed by atoms with Crippen LogP contribution in [0.15, 0.2) is 48.6 Å². The standard InChI is InChI=1S/C19H27NO6/c1-4-6-9-26-19(24)13-25-12-15(3)7-8-16(5-2)10-17(20-14-21)11-18(22)23/h4-5,7-8,14,17H,1-2,6,9-13H2,3H3,(H,20,21)(H,22,23)/b15-7+,16-8+/t17-/m0/s1. The molecule has 0 heterocycles.